The van der Waals surface area contributed by atoms with E-state index in [9.17, 15) is 0 Å². The van der Waals surface area contributed by atoms with Crippen LogP contribution in [-0.4, -0.2) is 36.1 Å². The first-order chi connectivity index (χ1) is 12.6. The lowest BCUT2D eigenvalue weighted by Crippen LogP contribution is -1.97. The predicted octanol–water partition coefficient (Wildman–Crippen LogP) is 2.98. The summed E-state index contributed by atoms with van der Waals surface area (Å²) in [7, 11) is 1.69. The lowest BCUT2D eigenvalue weighted by Gasteiger charge is -2.04. The highest BCUT2D eigenvalue weighted by Gasteiger charge is 2.44. The molecule has 4 heterocycles. The summed E-state index contributed by atoms with van der Waals surface area (Å²) in [5.74, 6) is 2.44. The lowest BCUT2D eigenvalue weighted by molar-refractivity contribution is 0.411. The van der Waals surface area contributed by atoms with Crippen molar-refractivity contribution in [2.24, 2.45) is 0 Å². The highest BCUT2D eigenvalue weighted by molar-refractivity contribution is 5.55. The van der Waals surface area contributed by atoms with Gasteiger partial charge in [-0.25, -0.2) is 14.5 Å². The summed E-state index contributed by atoms with van der Waals surface area (Å²) in [5, 5.41) is 4.72. The van der Waals surface area contributed by atoms with E-state index in [-0.39, 0.29) is 0 Å². The zero-order valence-corrected chi connectivity index (χ0v) is 15.3. The number of hydrogen-bond donors (Lipinski definition) is 0. The van der Waals surface area contributed by atoms with Gasteiger partial charge < -0.3 is 9.14 Å². The molecule has 7 nitrogen and oxygen atoms in total. The van der Waals surface area contributed by atoms with Crippen molar-refractivity contribution in [3.05, 3.63) is 53.1 Å². The third kappa shape index (κ3) is 2.13. The van der Waals surface area contributed by atoms with Crippen LogP contribution in [0, 0.1) is 20.8 Å². The number of aryl methyl sites for hydroxylation is 3. The molecule has 0 bridgehead atoms. The summed E-state index contributed by atoms with van der Waals surface area (Å²) in [6.07, 6.45) is 6.98. The molecule has 7 heteroatoms. The number of rotatable bonds is 3. The summed E-state index contributed by atoms with van der Waals surface area (Å²) < 4.78 is 9.36. The Morgan fingerprint density at radius 3 is 2.73 bits per heavy atom. The van der Waals surface area contributed by atoms with Gasteiger partial charge in [-0.15, -0.1) is 0 Å². The Morgan fingerprint density at radius 1 is 1.12 bits per heavy atom. The third-order valence-electron chi connectivity index (χ3n) is 5.29. The second-order valence-corrected chi connectivity index (χ2v) is 7.04. The fraction of sp³-hybridized carbons (Fsp3) is 0.368. The summed E-state index contributed by atoms with van der Waals surface area (Å²) in [5.41, 5.74) is 5.85. The van der Waals surface area contributed by atoms with Crippen LogP contribution in [0.15, 0.2) is 24.7 Å². The molecule has 0 amide bonds. The topological polar surface area (TPSA) is 69.6 Å². The highest BCUT2D eigenvalue weighted by atomic mass is 16.5. The fourth-order valence-corrected chi connectivity index (χ4v) is 3.66. The van der Waals surface area contributed by atoms with Gasteiger partial charge in [0.25, 0.3) is 0 Å². The maximum Gasteiger partial charge on any atom is 0.177 e. The van der Waals surface area contributed by atoms with Gasteiger partial charge in [0.05, 0.1) is 24.2 Å². The molecule has 4 aromatic rings. The van der Waals surface area contributed by atoms with Crippen LogP contribution in [0.5, 0.6) is 5.75 Å². The van der Waals surface area contributed by atoms with Crippen LogP contribution in [0.25, 0.3) is 11.3 Å². The minimum absolute atomic E-state index is 0.320. The molecule has 0 aliphatic heterocycles. The van der Waals surface area contributed by atoms with E-state index in [0.29, 0.717) is 11.8 Å². The van der Waals surface area contributed by atoms with Gasteiger partial charge >= 0.3 is 0 Å². The number of pyridine rings is 1. The van der Waals surface area contributed by atoms with Gasteiger partial charge in [-0.05, 0) is 33.3 Å². The first-order valence-corrected chi connectivity index (χ1v) is 8.78. The van der Waals surface area contributed by atoms with Crippen molar-refractivity contribution >= 4 is 11.3 Å². The van der Waals surface area contributed by atoms with Crippen LogP contribution >= 0.6 is 0 Å². The molecular weight excluding hydrogens is 328 g/mol. The SMILES string of the molecule is COc1ccn2cc(C3CC3c3nc4c(C)ncc(C)n4n3)nc2c1C. The standard InChI is InChI=1S/C19H20N6O/c1-10-8-20-12(3)19-22-17(23-25(10)19)14-7-13(14)15-9-24-6-5-16(26-4)11(2)18(24)21-15/h5-6,8-9,13-14H,7H2,1-4H3. The average Bonchev–Trinajstić information content (AvgIpc) is 3.11. The summed E-state index contributed by atoms with van der Waals surface area (Å²) in [4.78, 5) is 14.0. The number of imidazole rings is 1. The molecule has 26 heavy (non-hydrogen) atoms. The Morgan fingerprint density at radius 2 is 1.96 bits per heavy atom. The Labute approximate surface area is 150 Å². The Bertz CT molecular complexity index is 1120. The molecule has 1 aliphatic carbocycles. The van der Waals surface area contributed by atoms with Crippen LogP contribution in [0.4, 0.5) is 0 Å². The number of fused-ring (bicyclic) bond motifs is 2. The largest absolute Gasteiger partial charge is 0.496 e. The van der Waals surface area contributed by atoms with Crippen LogP contribution in [0.3, 0.4) is 0 Å². The number of aromatic nitrogens is 6. The molecule has 132 valence electrons. The summed E-state index contributed by atoms with van der Waals surface area (Å²) in [6, 6.07) is 1.97. The third-order valence-corrected chi connectivity index (χ3v) is 5.29. The van der Waals surface area contributed by atoms with Gasteiger partial charge in [0, 0.05) is 36.0 Å². The average molecular weight is 348 g/mol. The molecule has 0 N–H and O–H groups in total. The zero-order chi connectivity index (χ0) is 18.0. The van der Waals surface area contributed by atoms with Crippen LogP contribution in [0.2, 0.25) is 0 Å². The molecule has 0 spiro atoms. The van der Waals surface area contributed by atoms with E-state index < -0.39 is 0 Å². The molecule has 2 unspecified atom stereocenters. The number of ether oxygens (including phenoxy) is 1. The quantitative estimate of drug-likeness (QED) is 0.569. The molecular formula is C19H20N6O. The summed E-state index contributed by atoms with van der Waals surface area (Å²) in [6.45, 7) is 6.01. The van der Waals surface area contributed by atoms with Crippen molar-refractivity contribution in [1.29, 1.82) is 0 Å². The van der Waals surface area contributed by atoms with Gasteiger partial charge in [0.1, 0.15) is 11.4 Å². The van der Waals surface area contributed by atoms with Crippen LogP contribution < -0.4 is 4.74 Å². The van der Waals surface area contributed by atoms with E-state index in [1.54, 1.807) is 7.11 Å². The second-order valence-electron chi connectivity index (χ2n) is 7.04. The molecule has 2 atom stereocenters. The van der Waals surface area contributed by atoms with E-state index in [0.717, 1.165) is 51.9 Å². The van der Waals surface area contributed by atoms with E-state index >= 15 is 0 Å². The van der Waals surface area contributed by atoms with Gasteiger partial charge in [0.15, 0.2) is 11.5 Å². The second kappa shape index (κ2) is 5.27. The minimum atomic E-state index is 0.320. The predicted molar refractivity (Wildman–Crippen MR) is 96.8 cm³/mol. The molecule has 0 saturated heterocycles. The lowest BCUT2D eigenvalue weighted by atomic mass is 10.2. The van der Waals surface area contributed by atoms with E-state index in [4.69, 9.17) is 19.8 Å². The maximum atomic E-state index is 5.40. The Balaban J connectivity index is 1.51. The van der Waals surface area contributed by atoms with Crippen molar-refractivity contribution in [3.63, 3.8) is 0 Å². The number of nitrogens with zero attached hydrogens (tertiary/aromatic N) is 6. The fourth-order valence-electron chi connectivity index (χ4n) is 3.66. The molecule has 0 radical (unpaired) electrons. The zero-order valence-electron chi connectivity index (χ0n) is 15.3. The normalized spacial score (nSPS) is 19.4. The molecule has 1 saturated carbocycles. The highest BCUT2D eigenvalue weighted by Crippen LogP contribution is 2.53. The number of methoxy groups -OCH3 is 1. The van der Waals surface area contributed by atoms with Gasteiger partial charge in [-0.2, -0.15) is 5.10 Å². The number of hydrogen-bond acceptors (Lipinski definition) is 5. The monoisotopic (exact) mass is 348 g/mol. The van der Waals surface area contributed by atoms with Crippen molar-refractivity contribution < 1.29 is 4.74 Å². The van der Waals surface area contributed by atoms with E-state index in [1.165, 1.54) is 0 Å². The molecule has 1 fully saturated rings. The Hall–Kier alpha value is -2.96. The van der Waals surface area contributed by atoms with Gasteiger partial charge in [0.2, 0.25) is 0 Å². The van der Waals surface area contributed by atoms with Crippen molar-refractivity contribution in [1.82, 2.24) is 29.0 Å². The van der Waals surface area contributed by atoms with Crippen LogP contribution in [0.1, 0.15) is 46.7 Å². The molecule has 5 rings (SSSR count). The van der Waals surface area contributed by atoms with Crippen molar-refractivity contribution in [2.45, 2.75) is 39.0 Å². The first kappa shape index (κ1) is 15.3. The molecule has 0 aromatic carbocycles. The van der Waals surface area contributed by atoms with E-state index in [2.05, 4.69) is 15.6 Å². The van der Waals surface area contributed by atoms with E-state index in [1.807, 2.05) is 43.7 Å². The minimum Gasteiger partial charge on any atom is -0.496 e. The molecule has 1 aliphatic rings. The first-order valence-electron chi connectivity index (χ1n) is 8.78. The van der Waals surface area contributed by atoms with Crippen molar-refractivity contribution in [3.8, 4) is 5.75 Å². The summed E-state index contributed by atoms with van der Waals surface area (Å²) >= 11 is 0. The Kier molecular flexibility index (Phi) is 3.10. The maximum absolute atomic E-state index is 5.40. The van der Waals surface area contributed by atoms with Gasteiger partial charge in [-0.1, -0.05) is 0 Å². The molecule has 4 aromatic heterocycles. The van der Waals surface area contributed by atoms with Crippen LogP contribution in [-0.2, 0) is 0 Å². The van der Waals surface area contributed by atoms with Gasteiger partial charge in [-0.3, -0.25) is 4.98 Å². The smallest absolute Gasteiger partial charge is 0.177 e. The van der Waals surface area contributed by atoms with Crippen molar-refractivity contribution in [2.75, 3.05) is 7.11 Å².